The Hall–Kier alpha value is -1.44. The summed E-state index contributed by atoms with van der Waals surface area (Å²) in [6, 6.07) is 7.62. The topological polar surface area (TPSA) is 69.7 Å². The quantitative estimate of drug-likeness (QED) is 0.836. The average molecular weight is 339 g/mol. The second kappa shape index (κ2) is 7.90. The zero-order valence-corrected chi connectivity index (χ0v) is 14.6. The van der Waals surface area contributed by atoms with E-state index in [9.17, 15) is 13.2 Å². The smallest absolute Gasteiger partial charge is 0.251 e. The summed E-state index contributed by atoms with van der Waals surface area (Å²) in [5.74, 6) is -0.0457. The molecule has 1 heterocycles. The minimum Gasteiger partial charge on any atom is -0.352 e. The average Bonchev–Trinajstić information content (AvgIpc) is 2.52. The van der Waals surface area contributed by atoms with Crippen LogP contribution in [-0.4, -0.2) is 62.5 Å². The summed E-state index contributed by atoms with van der Waals surface area (Å²) in [4.78, 5) is 14.2. The number of nitrogens with zero attached hydrogens (tertiary/aromatic N) is 2. The maximum Gasteiger partial charge on any atom is 0.251 e. The van der Waals surface area contributed by atoms with Crippen molar-refractivity contribution in [3.05, 3.63) is 35.4 Å². The van der Waals surface area contributed by atoms with Gasteiger partial charge in [0.2, 0.25) is 10.0 Å². The second-order valence-electron chi connectivity index (χ2n) is 5.89. The van der Waals surface area contributed by atoms with Crippen molar-refractivity contribution in [2.75, 3.05) is 39.0 Å². The summed E-state index contributed by atoms with van der Waals surface area (Å²) in [5.41, 5.74) is 1.74. The molecule has 23 heavy (non-hydrogen) atoms. The van der Waals surface area contributed by atoms with Gasteiger partial charge in [0.05, 0.1) is 6.26 Å². The predicted octanol–water partition coefficient (Wildman–Crippen LogP) is 0.904. The summed E-state index contributed by atoms with van der Waals surface area (Å²) in [7, 11) is -3.10. The summed E-state index contributed by atoms with van der Waals surface area (Å²) in [6.45, 7) is 5.89. The summed E-state index contributed by atoms with van der Waals surface area (Å²) in [6.07, 6.45) is 2.16. The van der Waals surface area contributed by atoms with Crippen LogP contribution in [0.1, 0.15) is 29.3 Å². The Balaban J connectivity index is 1.93. The molecular weight excluding hydrogens is 314 g/mol. The molecule has 0 bridgehead atoms. The van der Waals surface area contributed by atoms with E-state index in [1.54, 1.807) is 0 Å². The first-order valence-corrected chi connectivity index (χ1v) is 9.79. The van der Waals surface area contributed by atoms with Crippen LogP contribution in [0.25, 0.3) is 0 Å². The molecule has 128 valence electrons. The van der Waals surface area contributed by atoms with Gasteiger partial charge in [-0.2, -0.15) is 4.31 Å². The normalized spacial score (nSPS) is 17.1. The van der Waals surface area contributed by atoms with Crippen molar-refractivity contribution in [1.29, 1.82) is 0 Å². The van der Waals surface area contributed by atoms with Crippen LogP contribution in [0.2, 0.25) is 0 Å². The number of nitrogens with one attached hydrogen (secondary N) is 1. The minimum atomic E-state index is -3.10. The molecule has 1 fully saturated rings. The fourth-order valence-electron chi connectivity index (χ4n) is 2.63. The van der Waals surface area contributed by atoms with Crippen LogP contribution in [0.5, 0.6) is 0 Å². The van der Waals surface area contributed by atoms with Crippen LogP contribution in [-0.2, 0) is 16.6 Å². The number of carbonyl (C=O) groups is 1. The number of piperazine rings is 1. The van der Waals surface area contributed by atoms with E-state index in [0.717, 1.165) is 18.5 Å². The fourth-order valence-corrected chi connectivity index (χ4v) is 3.46. The van der Waals surface area contributed by atoms with E-state index in [4.69, 9.17) is 0 Å². The van der Waals surface area contributed by atoms with Gasteiger partial charge in [0.25, 0.3) is 5.91 Å². The van der Waals surface area contributed by atoms with Gasteiger partial charge in [-0.1, -0.05) is 19.1 Å². The SMILES string of the molecule is CCCNC(=O)c1cccc(CN2CCN(S(C)(=O)=O)CC2)c1. The minimum absolute atomic E-state index is 0.0457. The van der Waals surface area contributed by atoms with Crippen molar-refractivity contribution in [2.24, 2.45) is 0 Å². The van der Waals surface area contributed by atoms with Crippen LogP contribution < -0.4 is 5.32 Å². The van der Waals surface area contributed by atoms with Crippen LogP contribution >= 0.6 is 0 Å². The molecule has 1 aromatic carbocycles. The van der Waals surface area contributed by atoms with Gasteiger partial charge in [-0.05, 0) is 24.1 Å². The Labute approximate surface area is 138 Å². The first-order chi connectivity index (χ1) is 10.9. The van der Waals surface area contributed by atoms with Crippen molar-refractivity contribution < 1.29 is 13.2 Å². The number of sulfonamides is 1. The molecule has 7 heteroatoms. The van der Waals surface area contributed by atoms with Crippen LogP contribution in [0.3, 0.4) is 0 Å². The highest BCUT2D eigenvalue weighted by molar-refractivity contribution is 7.88. The van der Waals surface area contributed by atoms with Gasteiger partial charge < -0.3 is 5.32 Å². The second-order valence-corrected chi connectivity index (χ2v) is 7.88. The molecule has 0 atom stereocenters. The van der Waals surface area contributed by atoms with E-state index in [1.165, 1.54) is 10.6 Å². The van der Waals surface area contributed by atoms with Gasteiger partial charge in [-0.3, -0.25) is 9.69 Å². The molecule has 1 aromatic rings. The highest BCUT2D eigenvalue weighted by Crippen LogP contribution is 2.12. The molecule has 0 radical (unpaired) electrons. The standard InChI is InChI=1S/C16H25N3O3S/c1-3-7-17-16(20)15-6-4-5-14(12-15)13-18-8-10-19(11-9-18)23(2,21)22/h4-6,12H,3,7-11,13H2,1-2H3,(H,17,20). The first-order valence-electron chi connectivity index (χ1n) is 7.94. The Morgan fingerprint density at radius 1 is 1.22 bits per heavy atom. The van der Waals surface area contributed by atoms with Crippen molar-refractivity contribution >= 4 is 15.9 Å². The Morgan fingerprint density at radius 2 is 1.91 bits per heavy atom. The molecule has 1 N–H and O–H groups in total. The van der Waals surface area contributed by atoms with E-state index < -0.39 is 10.0 Å². The first kappa shape index (κ1) is 17.9. The molecule has 1 aliphatic rings. The van der Waals surface area contributed by atoms with Crippen molar-refractivity contribution in [3.63, 3.8) is 0 Å². The molecule has 0 aliphatic carbocycles. The van der Waals surface area contributed by atoms with Gasteiger partial charge in [0.15, 0.2) is 0 Å². The van der Waals surface area contributed by atoms with Gasteiger partial charge in [0, 0.05) is 44.8 Å². The zero-order chi connectivity index (χ0) is 16.9. The number of rotatable bonds is 6. The third kappa shape index (κ3) is 5.30. The fraction of sp³-hybridized carbons (Fsp3) is 0.562. The highest BCUT2D eigenvalue weighted by atomic mass is 32.2. The molecule has 0 spiro atoms. The molecule has 2 rings (SSSR count). The molecule has 6 nitrogen and oxygen atoms in total. The number of amides is 1. The molecule has 0 saturated carbocycles. The lowest BCUT2D eigenvalue weighted by Crippen LogP contribution is -2.47. The van der Waals surface area contributed by atoms with Gasteiger partial charge in [-0.15, -0.1) is 0 Å². The van der Waals surface area contributed by atoms with E-state index >= 15 is 0 Å². The Kier molecular flexibility index (Phi) is 6.15. The summed E-state index contributed by atoms with van der Waals surface area (Å²) >= 11 is 0. The van der Waals surface area contributed by atoms with Gasteiger partial charge in [-0.25, -0.2) is 8.42 Å². The lowest BCUT2D eigenvalue weighted by molar-refractivity contribution is 0.0953. The monoisotopic (exact) mass is 339 g/mol. The molecule has 0 unspecified atom stereocenters. The maximum atomic E-state index is 12.0. The lowest BCUT2D eigenvalue weighted by Gasteiger charge is -2.33. The van der Waals surface area contributed by atoms with Gasteiger partial charge in [0.1, 0.15) is 0 Å². The molecule has 0 aromatic heterocycles. The molecule has 1 amide bonds. The predicted molar refractivity (Wildman–Crippen MR) is 90.8 cm³/mol. The van der Waals surface area contributed by atoms with Crippen molar-refractivity contribution in [3.8, 4) is 0 Å². The lowest BCUT2D eigenvalue weighted by atomic mass is 10.1. The molecule has 1 aliphatic heterocycles. The Bertz CT molecular complexity index is 638. The van der Waals surface area contributed by atoms with Crippen LogP contribution in [0.15, 0.2) is 24.3 Å². The van der Waals surface area contributed by atoms with Crippen molar-refractivity contribution in [2.45, 2.75) is 19.9 Å². The zero-order valence-electron chi connectivity index (χ0n) is 13.8. The number of hydrogen-bond donors (Lipinski definition) is 1. The third-order valence-electron chi connectivity index (χ3n) is 3.93. The van der Waals surface area contributed by atoms with Gasteiger partial charge >= 0.3 is 0 Å². The van der Waals surface area contributed by atoms with Crippen molar-refractivity contribution in [1.82, 2.24) is 14.5 Å². The molecular formula is C16H25N3O3S. The maximum absolute atomic E-state index is 12.0. The third-order valence-corrected chi connectivity index (χ3v) is 5.23. The van der Waals surface area contributed by atoms with Crippen LogP contribution in [0.4, 0.5) is 0 Å². The summed E-state index contributed by atoms with van der Waals surface area (Å²) in [5, 5.41) is 2.88. The largest absolute Gasteiger partial charge is 0.352 e. The Morgan fingerprint density at radius 3 is 2.52 bits per heavy atom. The van der Waals surface area contributed by atoms with E-state index in [-0.39, 0.29) is 5.91 Å². The van der Waals surface area contributed by atoms with E-state index in [0.29, 0.717) is 38.3 Å². The number of benzene rings is 1. The number of carbonyl (C=O) groups excluding carboxylic acids is 1. The summed E-state index contributed by atoms with van der Waals surface area (Å²) < 4.78 is 24.6. The van der Waals surface area contributed by atoms with Crippen LogP contribution in [0, 0.1) is 0 Å². The number of hydrogen-bond acceptors (Lipinski definition) is 4. The van der Waals surface area contributed by atoms with E-state index in [2.05, 4.69) is 10.2 Å². The highest BCUT2D eigenvalue weighted by Gasteiger charge is 2.23. The van der Waals surface area contributed by atoms with E-state index in [1.807, 2.05) is 31.2 Å². The molecule has 1 saturated heterocycles.